The van der Waals surface area contributed by atoms with E-state index < -0.39 is 0 Å². The van der Waals surface area contributed by atoms with Gasteiger partial charge in [0.15, 0.2) is 0 Å². The number of aliphatic hydroxyl groups excluding tert-OH is 1. The molecule has 0 aliphatic carbocycles. The molecule has 0 amide bonds. The summed E-state index contributed by atoms with van der Waals surface area (Å²) < 4.78 is 0. The highest BCUT2D eigenvalue weighted by Gasteiger charge is 2.27. The van der Waals surface area contributed by atoms with Crippen LogP contribution < -0.4 is 5.32 Å². The molecule has 1 unspecified atom stereocenters. The fourth-order valence-corrected chi connectivity index (χ4v) is 2.10. The summed E-state index contributed by atoms with van der Waals surface area (Å²) in [7, 11) is 1.89. The van der Waals surface area contributed by atoms with Crippen molar-refractivity contribution in [3.8, 4) is 0 Å². The second-order valence-electron chi connectivity index (χ2n) is 2.86. The lowest BCUT2D eigenvalue weighted by Crippen LogP contribution is -2.42. The molecular weight excluding hydrogens is 170 g/mol. The fraction of sp³-hybridized carbons (Fsp3) is 0.556. The molecule has 1 heterocycles. The third-order valence-corrected chi connectivity index (χ3v) is 3.11. The van der Waals surface area contributed by atoms with Crippen LogP contribution in [0, 0.1) is 0 Å². The van der Waals surface area contributed by atoms with E-state index >= 15 is 0 Å². The Balaban J connectivity index is 2.93. The molecule has 0 aliphatic rings. The number of rotatable bonds is 4. The van der Waals surface area contributed by atoms with E-state index in [2.05, 4.69) is 23.7 Å². The predicted octanol–water partition coefficient (Wildman–Crippen LogP) is 1.57. The number of hydrogen-bond donors (Lipinski definition) is 2. The van der Waals surface area contributed by atoms with Crippen molar-refractivity contribution in [1.29, 1.82) is 0 Å². The summed E-state index contributed by atoms with van der Waals surface area (Å²) in [5, 5.41) is 16.6. The smallest absolute Gasteiger partial charge is 0.0672 e. The monoisotopic (exact) mass is 185 g/mol. The Morgan fingerprint density at radius 1 is 1.67 bits per heavy atom. The van der Waals surface area contributed by atoms with Crippen LogP contribution in [0.3, 0.4) is 0 Å². The average Bonchev–Trinajstić information content (AvgIpc) is 2.62. The lowest BCUT2D eigenvalue weighted by molar-refractivity contribution is 0.164. The highest BCUT2D eigenvalue weighted by Crippen LogP contribution is 2.25. The van der Waals surface area contributed by atoms with Crippen LogP contribution in [0.2, 0.25) is 0 Å². The summed E-state index contributed by atoms with van der Waals surface area (Å²) in [6.45, 7) is 2.22. The summed E-state index contributed by atoms with van der Waals surface area (Å²) in [4.78, 5) is 0. The molecule has 1 rings (SSSR count). The van der Waals surface area contributed by atoms with E-state index in [0.29, 0.717) is 0 Å². The lowest BCUT2D eigenvalue weighted by atomic mass is 9.90. The molecule has 2 nitrogen and oxygen atoms in total. The van der Waals surface area contributed by atoms with Gasteiger partial charge in [-0.1, -0.05) is 6.92 Å². The zero-order chi connectivity index (χ0) is 9.03. The van der Waals surface area contributed by atoms with E-state index in [1.807, 2.05) is 12.4 Å². The second-order valence-corrected chi connectivity index (χ2v) is 3.64. The van der Waals surface area contributed by atoms with Crippen molar-refractivity contribution >= 4 is 11.3 Å². The Morgan fingerprint density at radius 2 is 2.42 bits per heavy atom. The van der Waals surface area contributed by atoms with Crippen molar-refractivity contribution in [1.82, 2.24) is 5.32 Å². The van der Waals surface area contributed by atoms with E-state index in [0.717, 1.165) is 6.42 Å². The van der Waals surface area contributed by atoms with Gasteiger partial charge in [0.2, 0.25) is 0 Å². The van der Waals surface area contributed by atoms with E-state index in [4.69, 9.17) is 0 Å². The normalized spacial score (nSPS) is 15.9. The Morgan fingerprint density at radius 3 is 2.75 bits per heavy atom. The van der Waals surface area contributed by atoms with Crippen LogP contribution in [-0.4, -0.2) is 18.8 Å². The van der Waals surface area contributed by atoms with Crippen molar-refractivity contribution < 1.29 is 5.11 Å². The fourth-order valence-electron chi connectivity index (χ4n) is 1.34. The summed E-state index contributed by atoms with van der Waals surface area (Å²) in [6, 6.07) is 2.06. The van der Waals surface area contributed by atoms with Gasteiger partial charge in [0.25, 0.3) is 0 Å². The predicted molar refractivity (Wildman–Crippen MR) is 52.4 cm³/mol. The topological polar surface area (TPSA) is 32.3 Å². The van der Waals surface area contributed by atoms with Crippen molar-refractivity contribution in [2.24, 2.45) is 0 Å². The van der Waals surface area contributed by atoms with Gasteiger partial charge >= 0.3 is 0 Å². The number of likely N-dealkylation sites (N-methyl/N-ethyl adjacent to an activating group) is 1. The van der Waals surface area contributed by atoms with Gasteiger partial charge in [-0.2, -0.15) is 11.3 Å². The summed E-state index contributed by atoms with van der Waals surface area (Å²) in [5.74, 6) is 0. The molecule has 0 aliphatic heterocycles. The van der Waals surface area contributed by atoms with Gasteiger partial charge in [0, 0.05) is 0 Å². The van der Waals surface area contributed by atoms with E-state index in [1.165, 1.54) is 5.56 Å². The molecule has 1 atom stereocenters. The average molecular weight is 185 g/mol. The van der Waals surface area contributed by atoms with Crippen molar-refractivity contribution in [3.05, 3.63) is 22.4 Å². The molecule has 12 heavy (non-hydrogen) atoms. The first kappa shape index (κ1) is 9.71. The first-order valence-electron chi connectivity index (χ1n) is 4.11. The molecule has 2 N–H and O–H groups in total. The quantitative estimate of drug-likeness (QED) is 0.746. The third-order valence-electron chi connectivity index (χ3n) is 2.43. The summed E-state index contributed by atoms with van der Waals surface area (Å²) >= 11 is 1.66. The van der Waals surface area contributed by atoms with Crippen molar-refractivity contribution in [2.75, 3.05) is 13.7 Å². The number of nitrogens with one attached hydrogen (secondary N) is 1. The zero-order valence-electron chi connectivity index (χ0n) is 7.50. The van der Waals surface area contributed by atoms with Gasteiger partial charge in [0.05, 0.1) is 12.1 Å². The van der Waals surface area contributed by atoms with E-state index in [1.54, 1.807) is 11.3 Å². The van der Waals surface area contributed by atoms with Crippen molar-refractivity contribution in [3.63, 3.8) is 0 Å². The van der Waals surface area contributed by atoms with Gasteiger partial charge in [-0.3, -0.25) is 0 Å². The number of thiophene rings is 1. The van der Waals surface area contributed by atoms with Crippen LogP contribution in [0.4, 0.5) is 0 Å². The van der Waals surface area contributed by atoms with Gasteiger partial charge in [-0.05, 0) is 35.9 Å². The van der Waals surface area contributed by atoms with Crippen LogP contribution in [0.25, 0.3) is 0 Å². The minimum absolute atomic E-state index is 0.150. The molecule has 1 aromatic heterocycles. The molecule has 0 fully saturated rings. The van der Waals surface area contributed by atoms with Gasteiger partial charge in [-0.25, -0.2) is 0 Å². The maximum Gasteiger partial charge on any atom is 0.0672 e. The van der Waals surface area contributed by atoms with E-state index in [-0.39, 0.29) is 12.1 Å². The minimum atomic E-state index is -0.236. The highest BCUT2D eigenvalue weighted by atomic mass is 32.1. The standard InChI is InChI=1S/C9H15NOS/c1-3-9(7-11,10-2)8-4-5-12-6-8/h4-6,10-11H,3,7H2,1-2H3. The molecular formula is C9H15NOS. The Bertz CT molecular complexity index is 208. The van der Waals surface area contributed by atoms with Crippen LogP contribution in [0.5, 0.6) is 0 Å². The third kappa shape index (κ3) is 1.53. The molecule has 0 saturated heterocycles. The van der Waals surface area contributed by atoms with Crippen molar-refractivity contribution in [2.45, 2.75) is 18.9 Å². The molecule has 0 bridgehead atoms. The van der Waals surface area contributed by atoms with Crippen LogP contribution >= 0.6 is 11.3 Å². The maximum atomic E-state index is 9.29. The molecule has 68 valence electrons. The van der Waals surface area contributed by atoms with Crippen LogP contribution in [0.1, 0.15) is 18.9 Å². The molecule has 0 saturated carbocycles. The first-order chi connectivity index (χ1) is 5.79. The molecule has 0 radical (unpaired) electrons. The lowest BCUT2D eigenvalue weighted by Gasteiger charge is -2.29. The summed E-state index contributed by atoms with van der Waals surface area (Å²) in [6.07, 6.45) is 0.900. The van der Waals surface area contributed by atoms with Gasteiger partial charge < -0.3 is 10.4 Å². The van der Waals surface area contributed by atoms with Gasteiger partial charge in [0.1, 0.15) is 0 Å². The number of aliphatic hydroxyl groups is 1. The van der Waals surface area contributed by atoms with E-state index in [9.17, 15) is 5.11 Å². The van der Waals surface area contributed by atoms with Crippen LogP contribution in [-0.2, 0) is 5.54 Å². The Labute approximate surface area is 77.2 Å². The second kappa shape index (κ2) is 4.03. The molecule has 0 spiro atoms. The van der Waals surface area contributed by atoms with Gasteiger partial charge in [-0.15, -0.1) is 0 Å². The van der Waals surface area contributed by atoms with Crippen LogP contribution in [0.15, 0.2) is 16.8 Å². The molecule has 0 aromatic carbocycles. The first-order valence-corrected chi connectivity index (χ1v) is 5.06. The summed E-state index contributed by atoms with van der Waals surface area (Å²) in [5.41, 5.74) is 0.944. The number of hydrogen-bond acceptors (Lipinski definition) is 3. The minimum Gasteiger partial charge on any atom is -0.394 e. The molecule has 1 aromatic rings. The highest BCUT2D eigenvalue weighted by molar-refractivity contribution is 7.08. The molecule has 3 heteroatoms. The zero-order valence-corrected chi connectivity index (χ0v) is 8.32. The largest absolute Gasteiger partial charge is 0.394 e. The Kier molecular flexibility index (Phi) is 3.26. The SMILES string of the molecule is CCC(CO)(NC)c1ccsc1. The maximum absolute atomic E-state index is 9.29. The Hall–Kier alpha value is -0.380.